The van der Waals surface area contributed by atoms with Gasteiger partial charge >= 0.3 is 6.61 Å². The Kier molecular flexibility index (Phi) is 6.45. The van der Waals surface area contributed by atoms with E-state index in [1.165, 1.54) is 29.5 Å². The van der Waals surface area contributed by atoms with Gasteiger partial charge in [-0.1, -0.05) is 12.8 Å². The van der Waals surface area contributed by atoms with Gasteiger partial charge in [-0.05, 0) is 43.5 Å². The molecular formula is C22H24F4N4O3S. The highest BCUT2D eigenvalue weighted by atomic mass is 32.2. The number of alkyl halides is 2. The molecule has 0 unspecified atom stereocenters. The van der Waals surface area contributed by atoms with Crippen molar-refractivity contribution in [3.05, 3.63) is 42.1 Å². The molecule has 4 rings (SSSR count). The number of rotatable bonds is 6. The number of benzene rings is 1. The molecule has 2 aliphatic rings. The number of carbonyl (C=O) groups is 1. The van der Waals surface area contributed by atoms with Crippen LogP contribution < -0.4 is 15.0 Å². The number of ether oxygens (including phenoxy) is 1. The van der Waals surface area contributed by atoms with Crippen LogP contribution in [0, 0.1) is 21.8 Å². The molecule has 1 aromatic heterocycles. The first-order valence-electron chi connectivity index (χ1n) is 10.7. The van der Waals surface area contributed by atoms with Gasteiger partial charge in [0.05, 0.1) is 15.4 Å². The topological polar surface area (TPSA) is 95.4 Å². The Bertz CT molecular complexity index is 1200. The predicted molar refractivity (Wildman–Crippen MR) is 118 cm³/mol. The van der Waals surface area contributed by atoms with E-state index in [1.54, 1.807) is 0 Å². The minimum Gasteiger partial charge on any atom is -0.429 e. The molecule has 2 heterocycles. The first kappa shape index (κ1) is 24.2. The number of hydrogen-bond donors (Lipinski definition) is 2. The van der Waals surface area contributed by atoms with Crippen molar-refractivity contribution in [2.45, 2.75) is 49.8 Å². The second-order valence-electron chi connectivity index (χ2n) is 8.72. The highest BCUT2D eigenvalue weighted by Crippen LogP contribution is 2.52. The summed E-state index contributed by atoms with van der Waals surface area (Å²) in [4.78, 5) is 19.0. The lowest BCUT2D eigenvalue weighted by Crippen LogP contribution is -2.48. The van der Waals surface area contributed by atoms with Crippen LogP contribution in [0.2, 0.25) is 0 Å². The third-order valence-electron chi connectivity index (χ3n) is 6.54. The van der Waals surface area contributed by atoms with E-state index in [0.717, 1.165) is 25.0 Å². The highest BCUT2D eigenvalue weighted by molar-refractivity contribution is 7.91. The van der Waals surface area contributed by atoms with E-state index in [1.807, 2.05) is 0 Å². The van der Waals surface area contributed by atoms with Crippen molar-refractivity contribution in [1.29, 1.82) is 4.78 Å². The van der Waals surface area contributed by atoms with E-state index in [9.17, 15) is 26.6 Å². The van der Waals surface area contributed by atoms with Crippen LogP contribution in [0.1, 0.15) is 32.1 Å². The second-order valence-corrected chi connectivity index (χ2v) is 10.8. The zero-order valence-electron chi connectivity index (χ0n) is 18.3. The molecule has 1 aromatic carbocycles. The normalized spacial score (nSPS) is 21.1. The van der Waals surface area contributed by atoms with Crippen molar-refractivity contribution >= 4 is 27.0 Å². The van der Waals surface area contributed by atoms with E-state index in [2.05, 4.69) is 15.0 Å². The van der Waals surface area contributed by atoms with Crippen LogP contribution in [0.4, 0.5) is 28.9 Å². The largest absolute Gasteiger partial charge is 0.429 e. The van der Waals surface area contributed by atoms with Gasteiger partial charge < -0.3 is 15.0 Å². The van der Waals surface area contributed by atoms with Gasteiger partial charge in [0.25, 0.3) is 0 Å². The second kappa shape index (κ2) is 9.05. The molecule has 34 heavy (non-hydrogen) atoms. The van der Waals surface area contributed by atoms with Crippen molar-refractivity contribution in [3.63, 3.8) is 0 Å². The minimum absolute atomic E-state index is 0.00242. The first-order chi connectivity index (χ1) is 16.0. The average Bonchev–Trinajstić information content (AvgIpc) is 3.38. The van der Waals surface area contributed by atoms with E-state index in [4.69, 9.17) is 4.78 Å². The molecule has 1 saturated heterocycles. The Balaban J connectivity index is 1.73. The first-order valence-corrected chi connectivity index (χ1v) is 12.7. The SMILES string of the molecule is C[S@@](=N)(=O)c1cc(NC(=O)[C@@H]2N(c3ccc(F)c(F)c3OC(F)F)CCC23CCCC3)ccn1. The van der Waals surface area contributed by atoms with Gasteiger partial charge in [-0.25, -0.2) is 18.4 Å². The zero-order valence-corrected chi connectivity index (χ0v) is 19.1. The molecule has 12 heteroatoms. The summed E-state index contributed by atoms with van der Waals surface area (Å²) in [6, 6.07) is 3.92. The number of anilines is 2. The number of pyridine rings is 1. The van der Waals surface area contributed by atoms with Gasteiger partial charge in [0.2, 0.25) is 11.7 Å². The number of nitrogens with one attached hydrogen (secondary N) is 2. The van der Waals surface area contributed by atoms with Crippen LogP contribution in [0.3, 0.4) is 0 Å². The smallest absolute Gasteiger partial charge is 0.387 e. The summed E-state index contributed by atoms with van der Waals surface area (Å²) in [7, 11) is -3.12. The Morgan fingerprint density at radius 3 is 2.62 bits per heavy atom. The number of nitrogens with zero attached hydrogens (tertiary/aromatic N) is 2. The van der Waals surface area contributed by atoms with Crippen molar-refractivity contribution in [2.24, 2.45) is 5.41 Å². The van der Waals surface area contributed by atoms with Crippen LogP contribution in [0.25, 0.3) is 0 Å². The number of hydrogen-bond acceptors (Lipinski definition) is 6. The van der Waals surface area contributed by atoms with E-state index in [0.29, 0.717) is 19.3 Å². The number of halogens is 4. The van der Waals surface area contributed by atoms with Gasteiger partial charge in [-0.15, -0.1) is 0 Å². The zero-order chi connectivity index (χ0) is 24.7. The maximum Gasteiger partial charge on any atom is 0.387 e. The van der Waals surface area contributed by atoms with E-state index < -0.39 is 51.1 Å². The maximum atomic E-state index is 14.5. The van der Waals surface area contributed by atoms with Crippen LogP contribution in [0.5, 0.6) is 5.75 Å². The van der Waals surface area contributed by atoms with Crippen LogP contribution in [-0.4, -0.2) is 40.6 Å². The fourth-order valence-electron chi connectivity index (χ4n) is 5.08. The average molecular weight is 501 g/mol. The summed E-state index contributed by atoms with van der Waals surface area (Å²) in [5, 5.41) is 2.74. The number of carbonyl (C=O) groups excluding carboxylic acids is 1. The molecule has 1 aliphatic heterocycles. The molecule has 7 nitrogen and oxygen atoms in total. The monoisotopic (exact) mass is 500 g/mol. The molecule has 2 N–H and O–H groups in total. The molecule has 2 fully saturated rings. The lowest BCUT2D eigenvalue weighted by Gasteiger charge is -2.35. The predicted octanol–water partition coefficient (Wildman–Crippen LogP) is 4.77. The van der Waals surface area contributed by atoms with E-state index in [-0.39, 0.29) is 22.9 Å². The Hall–Kier alpha value is -2.89. The maximum absolute atomic E-state index is 14.5. The highest BCUT2D eigenvalue weighted by Gasteiger charge is 2.53. The summed E-state index contributed by atoms with van der Waals surface area (Å²) in [5.41, 5.74) is -0.326. The van der Waals surface area contributed by atoms with Gasteiger partial charge in [-0.3, -0.25) is 4.79 Å². The molecule has 2 atom stereocenters. The van der Waals surface area contributed by atoms with Crippen LogP contribution >= 0.6 is 0 Å². The Labute approximate surface area is 194 Å². The third-order valence-corrected chi connectivity index (χ3v) is 7.56. The minimum atomic E-state index is -3.38. The van der Waals surface area contributed by atoms with Crippen molar-refractivity contribution < 1.29 is 31.3 Å². The third kappa shape index (κ3) is 4.55. The van der Waals surface area contributed by atoms with E-state index >= 15 is 0 Å². The van der Waals surface area contributed by atoms with Crippen molar-refractivity contribution in [2.75, 3.05) is 23.0 Å². The lowest BCUT2D eigenvalue weighted by molar-refractivity contribution is -0.119. The fraction of sp³-hybridized carbons (Fsp3) is 0.455. The van der Waals surface area contributed by atoms with Crippen molar-refractivity contribution in [3.8, 4) is 5.75 Å². The molecule has 1 saturated carbocycles. The Morgan fingerprint density at radius 2 is 1.97 bits per heavy atom. The van der Waals surface area contributed by atoms with Gasteiger partial charge in [-0.2, -0.15) is 13.2 Å². The van der Waals surface area contributed by atoms with Gasteiger partial charge in [0, 0.05) is 30.1 Å². The summed E-state index contributed by atoms with van der Waals surface area (Å²) < 4.78 is 78.4. The van der Waals surface area contributed by atoms with Crippen molar-refractivity contribution in [1.82, 2.24) is 4.98 Å². The summed E-state index contributed by atoms with van der Waals surface area (Å²) >= 11 is 0. The molecule has 0 radical (unpaired) electrons. The molecule has 184 valence electrons. The molecule has 2 aromatic rings. The van der Waals surface area contributed by atoms with Crippen LogP contribution in [0.15, 0.2) is 35.5 Å². The van der Waals surface area contributed by atoms with Crippen LogP contribution in [-0.2, 0) is 14.5 Å². The molecule has 1 aliphatic carbocycles. The number of aromatic nitrogens is 1. The summed E-state index contributed by atoms with van der Waals surface area (Å²) in [5.74, 6) is -4.29. The summed E-state index contributed by atoms with van der Waals surface area (Å²) in [6.07, 6.45) is 6.29. The summed E-state index contributed by atoms with van der Waals surface area (Å²) in [6.45, 7) is -3.12. The van der Waals surface area contributed by atoms with Gasteiger partial charge in [0.1, 0.15) is 11.1 Å². The molecule has 0 bridgehead atoms. The Morgan fingerprint density at radius 1 is 1.26 bits per heavy atom. The molecule has 1 spiro atoms. The molecular weight excluding hydrogens is 476 g/mol. The lowest BCUT2D eigenvalue weighted by atomic mass is 9.78. The number of amides is 1. The fourth-order valence-corrected chi connectivity index (χ4v) is 5.70. The standard InChI is InChI=1S/C22H24F4N4O3S/c1-34(27,32)16-12-13(6-10-28-16)29-20(31)19-22(7-2-3-8-22)9-11-30(19)15-5-4-14(23)17(24)18(15)33-21(25)26/h4-6,10,12,19,21,27H,2-3,7-9,11H2,1H3,(H,28,29,31)/t19-,34+/m0/s1. The molecule has 1 amide bonds. The van der Waals surface area contributed by atoms with Gasteiger partial charge in [0.15, 0.2) is 11.6 Å². The quantitative estimate of drug-likeness (QED) is 0.557.